The van der Waals surface area contributed by atoms with Crippen molar-refractivity contribution in [2.24, 2.45) is 23.7 Å². The first-order valence-electron chi connectivity index (χ1n) is 10.5. The smallest absolute Gasteiger partial charge is 0.335 e. The molecule has 5 heteroatoms. The summed E-state index contributed by atoms with van der Waals surface area (Å²) in [6.07, 6.45) is 8.74. The second-order valence-electron chi connectivity index (χ2n) is 9.47. The molecule has 1 aromatic carbocycles. The van der Waals surface area contributed by atoms with E-state index in [-0.39, 0.29) is 0 Å². The van der Waals surface area contributed by atoms with E-state index >= 15 is 0 Å². The van der Waals surface area contributed by atoms with Gasteiger partial charge in [-0.3, -0.25) is 0 Å². The standard InChI is InChI=1S/C22H26O5/c23-20(24)16-3-1-14(2-4-16)15-5-7-21(8-6-15)25-22(27-26-21)18-10-13-9-17(12-18)19(22)11-13/h1-4,13,15,17-19H,5-12H2,(H,23,24). The van der Waals surface area contributed by atoms with Crippen LogP contribution in [-0.2, 0) is 14.5 Å². The van der Waals surface area contributed by atoms with Gasteiger partial charge in [-0.25, -0.2) is 4.79 Å². The van der Waals surface area contributed by atoms with Crippen molar-refractivity contribution in [1.82, 2.24) is 0 Å². The van der Waals surface area contributed by atoms with E-state index in [0.29, 0.717) is 23.3 Å². The third-order valence-electron chi connectivity index (χ3n) is 8.13. The third kappa shape index (κ3) is 2.31. The van der Waals surface area contributed by atoms with Gasteiger partial charge in [0.05, 0.1) is 5.56 Å². The number of carboxylic acids is 1. The molecule has 144 valence electrons. The number of rotatable bonds is 2. The molecule has 1 aromatic rings. The molecule has 6 fully saturated rings. The Morgan fingerprint density at radius 1 is 1.00 bits per heavy atom. The van der Waals surface area contributed by atoms with Gasteiger partial charge in [-0.05, 0) is 74.0 Å². The van der Waals surface area contributed by atoms with Crippen LogP contribution in [0.15, 0.2) is 24.3 Å². The van der Waals surface area contributed by atoms with Gasteiger partial charge >= 0.3 is 5.97 Å². The molecule has 7 rings (SSSR count). The monoisotopic (exact) mass is 370 g/mol. The summed E-state index contributed by atoms with van der Waals surface area (Å²) in [5.74, 6) is 1.22. The predicted octanol–water partition coefficient (Wildman–Crippen LogP) is 4.48. The second kappa shape index (κ2) is 5.56. The molecule has 5 saturated carbocycles. The van der Waals surface area contributed by atoms with Crippen LogP contribution in [0.3, 0.4) is 0 Å². The van der Waals surface area contributed by atoms with Crippen molar-refractivity contribution >= 4 is 5.97 Å². The normalized spacial score (nSPS) is 47.3. The van der Waals surface area contributed by atoms with Gasteiger partial charge in [-0.1, -0.05) is 12.1 Å². The van der Waals surface area contributed by atoms with Gasteiger partial charge in [0.15, 0.2) is 0 Å². The van der Waals surface area contributed by atoms with Crippen LogP contribution in [0.2, 0.25) is 0 Å². The van der Waals surface area contributed by atoms with Crippen molar-refractivity contribution in [3.05, 3.63) is 35.4 Å². The maximum Gasteiger partial charge on any atom is 0.335 e. The van der Waals surface area contributed by atoms with E-state index in [9.17, 15) is 4.79 Å². The van der Waals surface area contributed by atoms with Crippen molar-refractivity contribution in [3.63, 3.8) is 0 Å². The fraction of sp³-hybridized carbons (Fsp3) is 0.682. The first-order valence-corrected chi connectivity index (χ1v) is 10.5. The third-order valence-corrected chi connectivity index (χ3v) is 8.13. The van der Waals surface area contributed by atoms with Gasteiger partial charge in [0.25, 0.3) is 0 Å². The lowest BCUT2D eigenvalue weighted by Gasteiger charge is -2.40. The molecule has 1 saturated heterocycles. The quantitative estimate of drug-likeness (QED) is 0.778. The summed E-state index contributed by atoms with van der Waals surface area (Å²) in [4.78, 5) is 23.1. The molecular formula is C22H26O5. The molecule has 0 amide bonds. The van der Waals surface area contributed by atoms with Gasteiger partial charge in [-0.2, -0.15) is 9.78 Å². The highest BCUT2D eigenvalue weighted by atomic mass is 17.3. The number of carbonyl (C=O) groups is 1. The zero-order valence-electron chi connectivity index (χ0n) is 15.4. The predicted molar refractivity (Wildman–Crippen MR) is 95.8 cm³/mol. The molecule has 0 aromatic heterocycles. The molecule has 1 heterocycles. The molecule has 4 bridgehead atoms. The van der Waals surface area contributed by atoms with E-state index in [1.807, 2.05) is 12.1 Å². The maximum absolute atomic E-state index is 11.0. The van der Waals surface area contributed by atoms with E-state index in [2.05, 4.69) is 0 Å². The summed E-state index contributed by atoms with van der Waals surface area (Å²) in [5, 5.41) is 9.07. The fourth-order valence-electron chi connectivity index (χ4n) is 6.91. The SMILES string of the molecule is O=C(O)c1ccc(C2CCC3(CC2)OOC2(O3)C3CC4CC(C3)C2C4)cc1. The van der Waals surface area contributed by atoms with E-state index in [4.69, 9.17) is 19.6 Å². The molecule has 2 spiro atoms. The molecule has 6 aliphatic rings. The van der Waals surface area contributed by atoms with Crippen molar-refractivity contribution in [1.29, 1.82) is 0 Å². The van der Waals surface area contributed by atoms with E-state index < -0.39 is 17.5 Å². The molecular weight excluding hydrogens is 344 g/mol. The van der Waals surface area contributed by atoms with Gasteiger partial charge < -0.3 is 9.84 Å². The Morgan fingerprint density at radius 2 is 1.78 bits per heavy atom. The van der Waals surface area contributed by atoms with E-state index in [1.54, 1.807) is 12.1 Å². The highest BCUT2D eigenvalue weighted by Crippen LogP contribution is 2.67. The van der Waals surface area contributed by atoms with Gasteiger partial charge in [0.1, 0.15) is 0 Å². The Balaban J connectivity index is 1.16. The zero-order valence-corrected chi connectivity index (χ0v) is 15.4. The van der Waals surface area contributed by atoms with Crippen LogP contribution < -0.4 is 0 Å². The molecule has 5 aliphatic carbocycles. The highest BCUT2D eigenvalue weighted by molar-refractivity contribution is 5.87. The number of benzene rings is 1. The summed E-state index contributed by atoms with van der Waals surface area (Å²) < 4.78 is 6.72. The summed E-state index contributed by atoms with van der Waals surface area (Å²) in [7, 11) is 0. The highest BCUT2D eigenvalue weighted by Gasteiger charge is 2.70. The lowest BCUT2D eigenvalue weighted by Crippen LogP contribution is -2.47. The van der Waals surface area contributed by atoms with Crippen molar-refractivity contribution in [3.8, 4) is 0 Å². The number of ether oxygens (including phenoxy) is 1. The Hall–Kier alpha value is -1.43. The maximum atomic E-state index is 11.0. The lowest BCUT2D eigenvalue weighted by atomic mass is 9.77. The molecule has 5 unspecified atom stereocenters. The lowest BCUT2D eigenvalue weighted by molar-refractivity contribution is -0.370. The Labute approximate surface area is 158 Å². The number of aromatic carboxylic acids is 1. The van der Waals surface area contributed by atoms with E-state index in [0.717, 1.165) is 37.5 Å². The van der Waals surface area contributed by atoms with Gasteiger partial charge in [0.2, 0.25) is 11.6 Å². The molecule has 5 nitrogen and oxygen atoms in total. The van der Waals surface area contributed by atoms with Crippen LogP contribution in [0.25, 0.3) is 0 Å². The molecule has 27 heavy (non-hydrogen) atoms. The fourth-order valence-corrected chi connectivity index (χ4v) is 6.91. The van der Waals surface area contributed by atoms with Gasteiger partial charge in [-0.15, -0.1) is 0 Å². The van der Waals surface area contributed by atoms with E-state index in [1.165, 1.54) is 31.2 Å². The van der Waals surface area contributed by atoms with Crippen LogP contribution in [0.5, 0.6) is 0 Å². The number of carboxylic acid groups (broad SMARTS) is 1. The summed E-state index contributed by atoms with van der Waals surface area (Å²) in [6, 6.07) is 7.31. The molecule has 0 radical (unpaired) electrons. The topological polar surface area (TPSA) is 65.0 Å². The minimum Gasteiger partial charge on any atom is -0.478 e. The van der Waals surface area contributed by atoms with Crippen LogP contribution in [-0.4, -0.2) is 22.7 Å². The average molecular weight is 370 g/mol. The Kier molecular flexibility index (Phi) is 3.40. The van der Waals surface area contributed by atoms with Crippen molar-refractivity contribution < 1.29 is 24.4 Å². The van der Waals surface area contributed by atoms with Crippen molar-refractivity contribution in [2.75, 3.05) is 0 Å². The Morgan fingerprint density at radius 3 is 2.48 bits per heavy atom. The first kappa shape index (κ1) is 16.5. The molecule has 5 atom stereocenters. The number of hydrogen-bond acceptors (Lipinski definition) is 4. The van der Waals surface area contributed by atoms with Crippen molar-refractivity contribution in [2.45, 2.75) is 68.9 Å². The van der Waals surface area contributed by atoms with Crippen LogP contribution >= 0.6 is 0 Å². The largest absolute Gasteiger partial charge is 0.478 e. The minimum atomic E-state index is -0.876. The summed E-state index contributed by atoms with van der Waals surface area (Å²) in [5.41, 5.74) is 1.55. The van der Waals surface area contributed by atoms with Gasteiger partial charge in [0, 0.05) is 24.7 Å². The first-order chi connectivity index (χ1) is 13.1. The van der Waals surface area contributed by atoms with Crippen LogP contribution in [0.1, 0.15) is 73.2 Å². The van der Waals surface area contributed by atoms with Crippen LogP contribution in [0.4, 0.5) is 0 Å². The van der Waals surface area contributed by atoms with Crippen LogP contribution in [0, 0.1) is 23.7 Å². The summed E-state index contributed by atoms with van der Waals surface area (Å²) in [6.45, 7) is 0. The molecule has 1 N–H and O–H groups in total. The summed E-state index contributed by atoms with van der Waals surface area (Å²) >= 11 is 0. The minimum absolute atomic E-state index is 0.343. The Bertz CT molecular complexity index is 761. The second-order valence-corrected chi connectivity index (χ2v) is 9.47. The average Bonchev–Trinajstić information content (AvgIpc) is 3.26. The number of hydrogen-bond donors (Lipinski definition) is 1. The molecule has 1 aliphatic heterocycles. The zero-order chi connectivity index (χ0) is 18.2.